The van der Waals surface area contributed by atoms with Gasteiger partial charge in [-0.3, -0.25) is 14.3 Å². The zero-order valence-corrected chi connectivity index (χ0v) is 13.4. The summed E-state index contributed by atoms with van der Waals surface area (Å²) in [4.78, 5) is 26.0. The van der Waals surface area contributed by atoms with E-state index in [-0.39, 0.29) is 11.8 Å². The molecule has 0 radical (unpaired) electrons. The number of carbonyl (C=O) groups is 2. The van der Waals surface area contributed by atoms with Gasteiger partial charge in [-0.1, -0.05) is 23.7 Å². The summed E-state index contributed by atoms with van der Waals surface area (Å²) in [5, 5.41) is 7.18. The molecule has 0 aliphatic heterocycles. The minimum Gasteiger partial charge on any atom is -0.343 e. The minimum absolute atomic E-state index is 0.228. The van der Waals surface area contributed by atoms with Crippen molar-refractivity contribution in [1.29, 1.82) is 0 Å². The van der Waals surface area contributed by atoms with Crippen molar-refractivity contribution in [2.45, 2.75) is 13.5 Å². The van der Waals surface area contributed by atoms with Crippen LogP contribution >= 0.6 is 11.6 Å². The van der Waals surface area contributed by atoms with Crippen molar-refractivity contribution in [3.05, 3.63) is 46.7 Å². The molecule has 2 aromatic rings. The van der Waals surface area contributed by atoms with Gasteiger partial charge >= 0.3 is 0 Å². The molecule has 0 fully saturated rings. The van der Waals surface area contributed by atoms with Gasteiger partial charge in [0.25, 0.3) is 11.8 Å². The first-order valence-corrected chi connectivity index (χ1v) is 7.16. The third-order valence-electron chi connectivity index (χ3n) is 3.11. The second-order valence-electron chi connectivity index (χ2n) is 4.86. The molecule has 0 saturated heterocycles. The molecule has 2 rings (SSSR count). The molecular weight excluding hydrogens is 304 g/mol. The van der Waals surface area contributed by atoms with E-state index in [2.05, 4.69) is 10.4 Å². The lowest BCUT2D eigenvalue weighted by molar-refractivity contribution is 0.0816. The van der Waals surface area contributed by atoms with Gasteiger partial charge in [0.2, 0.25) is 0 Å². The first-order chi connectivity index (χ1) is 10.5. The monoisotopic (exact) mass is 320 g/mol. The van der Waals surface area contributed by atoms with Crippen LogP contribution in [0.1, 0.15) is 27.8 Å². The van der Waals surface area contributed by atoms with E-state index in [4.69, 9.17) is 11.6 Å². The summed E-state index contributed by atoms with van der Waals surface area (Å²) < 4.78 is 1.55. The fourth-order valence-corrected chi connectivity index (χ4v) is 2.21. The highest BCUT2D eigenvalue weighted by Gasteiger charge is 2.22. The van der Waals surface area contributed by atoms with E-state index >= 15 is 0 Å². The zero-order valence-electron chi connectivity index (χ0n) is 12.6. The standard InChI is InChI=1S/C15H17ClN4O2/c1-4-20-13(15(22)19(2)3)12(9-17-20)18-14(21)10-7-5-6-8-11(10)16/h5-9H,4H2,1-3H3,(H,18,21). The number of amides is 2. The Kier molecular flexibility index (Phi) is 4.82. The van der Waals surface area contributed by atoms with E-state index in [1.807, 2.05) is 6.92 Å². The zero-order chi connectivity index (χ0) is 16.3. The molecule has 0 spiro atoms. The first-order valence-electron chi connectivity index (χ1n) is 6.79. The molecule has 0 unspecified atom stereocenters. The number of hydrogen-bond acceptors (Lipinski definition) is 3. The molecule has 0 bridgehead atoms. The number of aryl methyl sites for hydroxylation is 1. The van der Waals surface area contributed by atoms with Gasteiger partial charge in [-0.2, -0.15) is 5.10 Å². The Bertz CT molecular complexity index is 709. The highest BCUT2D eigenvalue weighted by molar-refractivity contribution is 6.34. The SMILES string of the molecule is CCn1ncc(NC(=O)c2ccccc2Cl)c1C(=O)N(C)C. The van der Waals surface area contributed by atoms with E-state index < -0.39 is 0 Å². The molecule has 116 valence electrons. The lowest BCUT2D eigenvalue weighted by Crippen LogP contribution is -2.26. The maximum atomic E-state index is 12.3. The molecular formula is C15H17ClN4O2. The Morgan fingerprint density at radius 2 is 2.00 bits per heavy atom. The largest absolute Gasteiger partial charge is 0.343 e. The highest BCUT2D eigenvalue weighted by atomic mass is 35.5. The molecule has 0 aliphatic carbocycles. The van der Waals surface area contributed by atoms with Gasteiger partial charge in [0.05, 0.1) is 22.5 Å². The molecule has 0 atom stereocenters. The third kappa shape index (κ3) is 3.12. The number of carbonyl (C=O) groups excluding carboxylic acids is 2. The fourth-order valence-electron chi connectivity index (χ4n) is 1.99. The number of halogens is 1. The van der Waals surface area contributed by atoms with Crippen LogP contribution in [0.3, 0.4) is 0 Å². The predicted molar refractivity (Wildman–Crippen MR) is 85.3 cm³/mol. The van der Waals surface area contributed by atoms with Crippen LogP contribution in [0, 0.1) is 0 Å². The van der Waals surface area contributed by atoms with Crippen LogP contribution in [0.25, 0.3) is 0 Å². The third-order valence-corrected chi connectivity index (χ3v) is 3.44. The van der Waals surface area contributed by atoms with Crippen LogP contribution < -0.4 is 5.32 Å². The first kappa shape index (κ1) is 16.0. The Morgan fingerprint density at radius 1 is 1.32 bits per heavy atom. The average molecular weight is 321 g/mol. The van der Waals surface area contributed by atoms with Gasteiger partial charge in [0.15, 0.2) is 0 Å². The van der Waals surface area contributed by atoms with E-state index in [1.165, 1.54) is 11.1 Å². The molecule has 1 aromatic carbocycles. The summed E-state index contributed by atoms with van der Waals surface area (Å²) >= 11 is 6.01. The Labute approximate surface area is 133 Å². The number of aromatic nitrogens is 2. The van der Waals surface area contributed by atoms with Crippen molar-refractivity contribution < 1.29 is 9.59 Å². The van der Waals surface area contributed by atoms with Crippen LogP contribution in [0.15, 0.2) is 30.5 Å². The fraction of sp³-hybridized carbons (Fsp3) is 0.267. The van der Waals surface area contributed by atoms with Gasteiger partial charge in [-0.25, -0.2) is 0 Å². The van der Waals surface area contributed by atoms with Crippen molar-refractivity contribution in [2.24, 2.45) is 0 Å². The van der Waals surface area contributed by atoms with Crippen LogP contribution in [-0.2, 0) is 6.54 Å². The van der Waals surface area contributed by atoms with Crippen LogP contribution in [0.4, 0.5) is 5.69 Å². The number of benzene rings is 1. The molecule has 7 heteroatoms. The molecule has 2 amide bonds. The quantitative estimate of drug-likeness (QED) is 0.941. The van der Waals surface area contributed by atoms with Crippen molar-refractivity contribution in [3.8, 4) is 0 Å². The second kappa shape index (κ2) is 6.62. The second-order valence-corrected chi connectivity index (χ2v) is 5.26. The molecule has 0 saturated carbocycles. The van der Waals surface area contributed by atoms with E-state index in [0.717, 1.165) is 0 Å². The lowest BCUT2D eigenvalue weighted by atomic mass is 10.2. The van der Waals surface area contributed by atoms with E-state index in [0.29, 0.717) is 28.5 Å². The molecule has 22 heavy (non-hydrogen) atoms. The number of anilines is 1. The number of nitrogens with zero attached hydrogens (tertiary/aromatic N) is 3. The summed E-state index contributed by atoms with van der Waals surface area (Å²) in [5.41, 5.74) is 1.05. The molecule has 1 N–H and O–H groups in total. The smallest absolute Gasteiger partial charge is 0.273 e. The number of hydrogen-bond donors (Lipinski definition) is 1. The number of rotatable bonds is 4. The summed E-state index contributed by atoms with van der Waals surface area (Å²) in [6, 6.07) is 6.73. The summed E-state index contributed by atoms with van der Waals surface area (Å²) in [5.74, 6) is -0.608. The van der Waals surface area contributed by atoms with Crippen molar-refractivity contribution >= 4 is 29.1 Å². The normalized spacial score (nSPS) is 10.4. The van der Waals surface area contributed by atoms with Crippen molar-refractivity contribution in [1.82, 2.24) is 14.7 Å². The molecule has 6 nitrogen and oxygen atoms in total. The van der Waals surface area contributed by atoms with Gasteiger partial charge in [-0.05, 0) is 19.1 Å². The summed E-state index contributed by atoms with van der Waals surface area (Å²) in [6.07, 6.45) is 1.47. The Hall–Kier alpha value is -2.34. The van der Waals surface area contributed by atoms with E-state index in [1.54, 1.807) is 43.0 Å². The topological polar surface area (TPSA) is 67.2 Å². The highest BCUT2D eigenvalue weighted by Crippen LogP contribution is 2.20. The predicted octanol–water partition coefficient (Wildman–Crippen LogP) is 2.51. The molecule has 0 aliphatic rings. The summed E-state index contributed by atoms with van der Waals surface area (Å²) in [7, 11) is 3.30. The van der Waals surface area contributed by atoms with Gasteiger partial charge in [-0.15, -0.1) is 0 Å². The number of nitrogens with one attached hydrogen (secondary N) is 1. The van der Waals surface area contributed by atoms with Crippen molar-refractivity contribution in [3.63, 3.8) is 0 Å². The van der Waals surface area contributed by atoms with Crippen molar-refractivity contribution in [2.75, 3.05) is 19.4 Å². The maximum absolute atomic E-state index is 12.3. The van der Waals surface area contributed by atoms with Gasteiger partial charge in [0.1, 0.15) is 5.69 Å². The Balaban J connectivity index is 2.34. The maximum Gasteiger partial charge on any atom is 0.273 e. The summed E-state index contributed by atoms with van der Waals surface area (Å²) in [6.45, 7) is 2.40. The van der Waals surface area contributed by atoms with Crippen LogP contribution in [-0.4, -0.2) is 40.6 Å². The van der Waals surface area contributed by atoms with Gasteiger partial charge in [0, 0.05) is 20.6 Å². The van der Waals surface area contributed by atoms with Crippen LogP contribution in [0.2, 0.25) is 5.02 Å². The van der Waals surface area contributed by atoms with E-state index in [9.17, 15) is 9.59 Å². The average Bonchev–Trinajstić information content (AvgIpc) is 2.89. The molecule has 1 aromatic heterocycles. The van der Waals surface area contributed by atoms with Crippen LogP contribution in [0.5, 0.6) is 0 Å². The molecule has 1 heterocycles. The Morgan fingerprint density at radius 3 is 2.59 bits per heavy atom. The minimum atomic E-state index is -0.381. The van der Waals surface area contributed by atoms with Gasteiger partial charge < -0.3 is 10.2 Å². The lowest BCUT2D eigenvalue weighted by Gasteiger charge is -2.13.